The first-order valence-electron chi connectivity index (χ1n) is 9.98. The SMILES string of the molecule is COc1ccc(N2CC(C(=O)NC(CCO)C3CCCCC3)CC2=O)cc1. The van der Waals surface area contributed by atoms with Gasteiger partial charge >= 0.3 is 0 Å². The molecule has 2 aliphatic rings. The first-order chi connectivity index (χ1) is 13.1. The number of methoxy groups -OCH3 is 1. The lowest BCUT2D eigenvalue weighted by molar-refractivity contribution is -0.127. The van der Waals surface area contributed by atoms with Gasteiger partial charge in [-0.3, -0.25) is 9.59 Å². The van der Waals surface area contributed by atoms with E-state index in [-0.39, 0.29) is 36.8 Å². The zero-order chi connectivity index (χ0) is 19.2. The molecule has 2 fully saturated rings. The molecule has 1 heterocycles. The lowest BCUT2D eigenvalue weighted by Crippen LogP contribution is -2.44. The molecular formula is C21H30N2O4. The Bertz CT molecular complexity index is 640. The van der Waals surface area contributed by atoms with E-state index < -0.39 is 0 Å². The van der Waals surface area contributed by atoms with E-state index >= 15 is 0 Å². The zero-order valence-electron chi connectivity index (χ0n) is 16.0. The number of hydrogen-bond donors (Lipinski definition) is 2. The summed E-state index contributed by atoms with van der Waals surface area (Å²) in [4.78, 5) is 26.9. The molecule has 2 atom stereocenters. The third-order valence-electron chi connectivity index (χ3n) is 5.87. The number of nitrogens with zero attached hydrogens (tertiary/aromatic N) is 1. The molecule has 27 heavy (non-hydrogen) atoms. The maximum absolute atomic E-state index is 12.8. The van der Waals surface area contributed by atoms with E-state index in [2.05, 4.69) is 5.32 Å². The summed E-state index contributed by atoms with van der Waals surface area (Å²) in [5.41, 5.74) is 0.787. The van der Waals surface area contributed by atoms with Gasteiger partial charge in [-0.25, -0.2) is 0 Å². The second-order valence-electron chi connectivity index (χ2n) is 7.63. The molecule has 0 radical (unpaired) electrons. The van der Waals surface area contributed by atoms with Gasteiger partial charge in [0.15, 0.2) is 0 Å². The average molecular weight is 374 g/mol. The Morgan fingerprint density at radius 1 is 1.26 bits per heavy atom. The van der Waals surface area contributed by atoms with Crippen molar-refractivity contribution >= 4 is 17.5 Å². The largest absolute Gasteiger partial charge is 0.497 e. The molecule has 1 aliphatic heterocycles. The molecular weight excluding hydrogens is 344 g/mol. The summed E-state index contributed by atoms with van der Waals surface area (Å²) in [6.07, 6.45) is 6.65. The molecule has 3 rings (SSSR count). The number of aliphatic hydroxyl groups is 1. The summed E-state index contributed by atoms with van der Waals surface area (Å²) < 4.78 is 5.15. The number of rotatable bonds is 7. The number of nitrogens with one attached hydrogen (secondary N) is 1. The Morgan fingerprint density at radius 2 is 1.96 bits per heavy atom. The number of carbonyl (C=O) groups is 2. The van der Waals surface area contributed by atoms with Crippen molar-refractivity contribution in [2.45, 2.75) is 51.0 Å². The summed E-state index contributed by atoms with van der Waals surface area (Å²) in [6, 6.07) is 7.32. The van der Waals surface area contributed by atoms with Gasteiger partial charge < -0.3 is 20.1 Å². The molecule has 0 bridgehead atoms. The van der Waals surface area contributed by atoms with Crippen molar-refractivity contribution < 1.29 is 19.4 Å². The number of hydrogen-bond acceptors (Lipinski definition) is 4. The van der Waals surface area contributed by atoms with Gasteiger partial charge in [0.25, 0.3) is 0 Å². The summed E-state index contributed by atoms with van der Waals surface area (Å²) in [5, 5.41) is 12.5. The zero-order valence-corrected chi connectivity index (χ0v) is 16.0. The van der Waals surface area contributed by atoms with Crippen LogP contribution in [0.15, 0.2) is 24.3 Å². The van der Waals surface area contributed by atoms with Gasteiger partial charge in [-0.2, -0.15) is 0 Å². The van der Waals surface area contributed by atoms with Gasteiger partial charge in [0.1, 0.15) is 5.75 Å². The molecule has 1 saturated heterocycles. The Kier molecular flexibility index (Phi) is 6.72. The average Bonchev–Trinajstić information content (AvgIpc) is 3.10. The van der Waals surface area contributed by atoms with Crippen molar-refractivity contribution in [2.24, 2.45) is 11.8 Å². The minimum Gasteiger partial charge on any atom is -0.497 e. The fourth-order valence-corrected chi connectivity index (χ4v) is 4.30. The molecule has 2 N–H and O–H groups in total. The molecule has 1 saturated carbocycles. The smallest absolute Gasteiger partial charge is 0.227 e. The van der Waals surface area contributed by atoms with Gasteiger partial charge in [-0.05, 0) is 49.4 Å². The van der Waals surface area contributed by atoms with Gasteiger partial charge in [0.05, 0.1) is 13.0 Å². The molecule has 6 nitrogen and oxygen atoms in total. The van der Waals surface area contributed by atoms with Crippen LogP contribution in [0, 0.1) is 11.8 Å². The van der Waals surface area contributed by atoms with Crippen molar-refractivity contribution in [1.29, 1.82) is 0 Å². The third kappa shape index (κ3) is 4.80. The van der Waals surface area contributed by atoms with E-state index in [9.17, 15) is 14.7 Å². The second-order valence-corrected chi connectivity index (χ2v) is 7.63. The molecule has 6 heteroatoms. The normalized spacial score (nSPS) is 21.9. The lowest BCUT2D eigenvalue weighted by Gasteiger charge is -2.31. The number of ether oxygens (including phenoxy) is 1. The summed E-state index contributed by atoms with van der Waals surface area (Å²) >= 11 is 0. The van der Waals surface area contributed by atoms with E-state index in [4.69, 9.17) is 4.74 Å². The number of anilines is 1. The number of aliphatic hydroxyl groups excluding tert-OH is 1. The van der Waals surface area contributed by atoms with Gasteiger partial charge in [0, 0.05) is 31.3 Å². The first-order valence-corrected chi connectivity index (χ1v) is 9.98. The molecule has 148 valence electrons. The highest BCUT2D eigenvalue weighted by atomic mass is 16.5. The number of benzene rings is 1. The molecule has 1 aromatic carbocycles. The quantitative estimate of drug-likeness (QED) is 0.769. The Labute approximate surface area is 160 Å². The Hall–Kier alpha value is -2.08. The summed E-state index contributed by atoms with van der Waals surface area (Å²) in [7, 11) is 1.60. The van der Waals surface area contributed by atoms with Crippen LogP contribution in [0.4, 0.5) is 5.69 Å². The summed E-state index contributed by atoms with van der Waals surface area (Å²) in [6.45, 7) is 0.469. The molecule has 0 spiro atoms. The predicted molar refractivity (Wildman–Crippen MR) is 104 cm³/mol. The van der Waals surface area contributed by atoms with Crippen molar-refractivity contribution in [2.75, 3.05) is 25.2 Å². The highest BCUT2D eigenvalue weighted by Crippen LogP contribution is 2.30. The van der Waals surface area contributed by atoms with E-state index in [1.54, 1.807) is 12.0 Å². The van der Waals surface area contributed by atoms with Crippen LogP contribution >= 0.6 is 0 Å². The van der Waals surface area contributed by atoms with Crippen LogP contribution in [0.25, 0.3) is 0 Å². The van der Waals surface area contributed by atoms with E-state index in [1.165, 1.54) is 19.3 Å². The Morgan fingerprint density at radius 3 is 2.59 bits per heavy atom. The highest BCUT2D eigenvalue weighted by molar-refractivity contribution is 6.00. The van der Waals surface area contributed by atoms with Crippen LogP contribution < -0.4 is 15.0 Å². The van der Waals surface area contributed by atoms with E-state index in [1.807, 2.05) is 24.3 Å². The van der Waals surface area contributed by atoms with Crippen LogP contribution in [0.3, 0.4) is 0 Å². The monoisotopic (exact) mass is 374 g/mol. The van der Waals surface area contributed by atoms with E-state index in [0.29, 0.717) is 18.9 Å². The third-order valence-corrected chi connectivity index (χ3v) is 5.87. The van der Waals surface area contributed by atoms with Crippen LogP contribution in [-0.4, -0.2) is 43.2 Å². The van der Waals surface area contributed by atoms with Crippen LogP contribution in [-0.2, 0) is 9.59 Å². The molecule has 1 aromatic rings. The fraction of sp³-hybridized carbons (Fsp3) is 0.619. The van der Waals surface area contributed by atoms with Crippen molar-refractivity contribution in [3.8, 4) is 5.75 Å². The topological polar surface area (TPSA) is 78.9 Å². The Balaban J connectivity index is 1.61. The maximum Gasteiger partial charge on any atom is 0.227 e. The van der Waals surface area contributed by atoms with Gasteiger partial charge in [-0.15, -0.1) is 0 Å². The number of carbonyl (C=O) groups excluding carboxylic acids is 2. The van der Waals surface area contributed by atoms with E-state index in [0.717, 1.165) is 24.3 Å². The number of amides is 2. The minimum atomic E-state index is -0.343. The van der Waals surface area contributed by atoms with Crippen LogP contribution in [0.1, 0.15) is 44.9 Å². The van der Waals surface area contributed by atoms with Gasteiger partial charge in [0.2, 0.25) is 11.8 Å². The van der Waals surface area contributed by atoms with Crippen molar-refractivity contribution in [3.05, 3.63) is 24.3 Å². The van der Waals surface area contributed by atoms with Gasteiger partial charge in [-0.1, -0.05) is 19.3 Å². The first kappa shape index (κ1) is 19.7. The molecule has 2 unspecified atom stereocenters. The summed E-state index contributed by atoms with van der Waals surface area (Å²) in [5.74, 6) is 0.730. The minimum absolute atomic E-state index is 0.00735. The maximum atomic E-state index is 12.8. The van der Waals surface area contributed by atoms with Crippen molar-refractivity contribution in [1.82, 2.24) is 5.32 Å². The van der Waals surface area contributed by atoms with Crippen LogP contribution in [0.5, 0.6) is 5.75 Å². The lowest BCUT2D eigenvalue weighted by atomic mass is 9.82. The molecule has 1 aliphatic carbocycles. The standard InChI is InChI=1S/C21H30N2O4/c1-27-18-9-7-17(8-10-18)23-14-16(13-20(23)25)21(26)22-19(11-12-24)15-5-3-2-4-6-15/h7-10,15-16,19,24H,2-6,11-14H2,1H3,(H,22,26). The predicted octanol–water partition coefficient (Wildman–Crippen LogP) is 2.50. The molecule has 2 amide bonds. The second kappa shape index (κ2) is 9.22. The highest BCUT2D eigenvalue weighted by Gasteiger charge is 2.36. The van der Waals surface area contributed by atoms with Crippen molar-refractivity contribution in [3.63, 3.8) is 0 Å². The molecule has 0 aromatic heterocycles. The van der Waals surface area contributed by atoms with Crippen LogP contribution in [0.2, 0.25) is 0 Å². The fourth-order valence-electron chi connectivity index (χ4n) is 4.30.